The molecule has 0 aromatic carbocycles. The van der Waals surface area contributed by atoms with Crippen molar-refractivity contribution < 1.29 is 4.79 Å². The van der Waals surface area contributed by atoms with E-state index < -0.39 is 0 Å². The topological polar surface area (TPSA) is 64.9 Å². The maximum Gasteiger partial charge on any atom is 0.315 e. The lowest BCUT2D eigenvalue weighted by atomic mass is 10.1. The number of nitrogens with zero attached hydrogens (tertiary/aromatic N) is 1. The molecule has 0 saturated heterocycles. The Bertz CT molecular complexity index is 257. The lowest BCUT2D eigenvalue weighted by Gasteiger charge is -2.15. The lowest BCUT2D eigenvalue weighted by molar-refractivity contribution is 0.236. The van der Waals surface area contributed by atoms with Crippen molar-refractivity contribution in [3.05, 3.63) is 12.7 Å². The van der Waals surface area contributed by atoms with Crippen molar-refractivity contribution in [1.82, 2.24) is 10.6 Å². The number of carbonyl (C=O) groups excluding carboxylic acids is 1. The summed E-state index contributed by atoms with van der Waals surface area (Å²) in [4.78, 5) is 11.2. The largest absolute Gasteiger partial charge is 0.335 e. The van der Waals surface area contributed by atoms with Gasteiger partial charge in [-0.25, -0.2) is 4.79 Å². The number of nitrogens with one attached hydrogen (secondary N) is 2. The fourth-order valence-electron chi connectivity index (χ4n) is 1.67. The van der Waals surface area contributed by atoms with E-state index in [0.29, 0.717) is 6.54 Å². The van der Waals surface area contributed by atoms with Gasteiger partial charge < -0.3 is 10.6 Å². The minimum absolute atomic E-state index is 0.0183. The maximum absolute atomic E-state index is 11.2. The predicted molar refractivity (Wildman–Crippen MR) is 53.5 cm³/mol. The van der Waals surface area contributed by atoms with E-state index in [-0.39, 0.29) is 18.0 Å². The average Bonchev–Trinajstić information content (AvgIpc) is 2.62. The second kappa shape index (κ2) is 5.28. The van der Waals surface area contributed by atoms with Gasteiger partial charge >= 0.3 is 6.03 Å². The van der Waals surface area contributed by atoms with E-state index in [1.54, 1.807) is 6.08 Å². The standard InChI is InChI=1S/C10H15N3O/c1-2-6-12-10(14)13-9-5-3-4-8(9)7-11/h2,8-9H,1,3-6H2,(H2,12,13,14). The second-order valence-electron chi connectivity index (χ2n) is 3.42. The molecule has 2 unspecified atom stereocenters. The number of hydrogen-bond donors (Lipinski definition) is 2. The van der Waals surface area contributed by atoms with E-state index in [1.807, 2.05) is 0 Å². The van der Waals surface area contributed by atoms with Crippen molar-refractivity contribution in [3.63, 3.8) is 0 Å². The third-order valence-corrected chi connectivity index (χ3v) is 2.41. The monoisotopic (exact) mass is 193 g/mol. The van der Waals surface area contributed by atoms with Gasteiger partial charge in [0, 0.05) is 12.6 Å². The molecule has 0 aliphatic heterocycles. The Kier molecular flexibility index (Phi) is 3.99. The normalized spacial score (nSPS) is 25.1. The molecule has 2 atom stereocenters. The Labute approximate surface area is 84.0 Å². The van der Waals surface area contributed by atoms with Crippen LogP contribution in [0.5, 0.6) is 0 Å². The van der Waals surface area contributed by atoms with Crippen LogP contribution >= 0.6 is 0 Å². The zero-order chi connectivity index (χ0) is 10.4. The van der Waals surface area contributed by atoms with Gasteiger partial charge in [-0.3, -0.25) is 0 Å². The van der Waals surface area contributed by atoms with E-state index in [9.17, 15) is 4.79 Å². The molecule has 4 heteroatoms. The highest BCUT2D eigenvalue weighted by atomic mass is 16.2. The molecule has 0 aromatic heterocycles. The molecule has 76 valence electrons. The van der Waals surface area contributed by atoms with E-state index in [1.165, 1.54) is 0 Å². The number of amides is 2. The highest BCUT2D eigenvalue weighted by Gasteiger charge is 2.27. The smallest absolute Gasteiger partial charge is 0.315 e. The first-order chi connectivity index (χ1) is 6.77. The molecule has 1 fully saturated rings. The van der Waals surface area contributed by atoms with Crippen LogP contribution in [0.4, 0.5) is 4.79 Å². The molecule has 2 N–H and O–H groups in total. The average molecular weight is 193 g/mol. The van der Waals surface area contributed by atoms with Crippen molar-refractivity contribution >= 4 is 6.03 Å². The molecule has 1 saturated carbocycles. The summed E-state index contributed by atoms with van der Waals surface area (Å²) in [5.74, 6) is -0.0236. The van der Waals surface area contributed by atoms with Crippen LogP contribution in [0.1, 0.15) is 19.3 Å². The molecular formula is C10H15N3O. The van der Waals surface area contributed by atoms with Gasteiger partial charge in [-0.2, -0.15) is 5.26 Å². The first kappa shape index (κ1) is 10.6. The van der Waals surface area contributed by atoms with Gasteiger partial charge in [0.05, 0.1) is 12.0 Å². The summed E-state index contributed by atoms with van der Waals surface area (Å²) in [5.41, 5.74) is 0. The fraction of sp³-hybridized carbons (Fsp3) is 0.600. The Morgan fingerprint density at radius 3 is 3.07 bits per heavy atom. The highest BCUT2D eigenvalue weighted by molar-refractivity contribution is 5.74. The summed E-state index contributed by atoms with van der Waals surface area (Å²) in [6.07, 6.45) is 4.43. The van der Waals surface area contributed by atoms with E-state index >= 15 is 0 Å². The molecule has 4 nitrogen and oxygen atoms in total. The summed E-state index contributed by atoms with van der Waals surface area (Å²) in [6, 6.07) is 2.02. The van der Waals surface area contributed by atoms with Crippen molar-refractivity contribution in [2.24, 2.45) is 5.92 Å². The van der Waals surface area contributed by atoms with Crippen LogP contribution in [0.25, 0.3) is 0 Å². The second-order valence-corrected chi connectivity index (χ2v) is 3.42. The van der Waals surface area contributed by atoms with Crippen LogP contribution in [0.2, 0.25) is 0 Å². The fourth-order valence-corrected chi connectivity index (χ4v) is 1.67. The zero-order valence-corrected chi connectivity index (χ0v) is 8.12. The first-order valence-corrected chi connectivity index (χ1v) is 4.82. The Hall–Kier alpha value is -1.50. The molecule has 0 radical (unpaired) electrons. The SMILES string of the molecule is C=CCNC(=O)NC1CCCC1C#N. The van der Waals surface area contributed by atoms with Crippen molar-refractivity contribution in [3.8, 4) is 6.07 Å². The van der Waals surface area contributed by atoms with Crippen molar-refractivity contribution in [2.75, 3.05) is 6.54 Å². The molecule has 2 amide bonds. The summed E-state index contributed by atoms with van der Waals surface area (Å²) in [5, 5.41) is 14.2. The molecule has 0 aromatic rings. The van der Waals surface area contributed by atoms with Gasteiger partial charge in [-0.15, -0.1) is 6.58 Å². The van der Waals surface area contributed by atoms with Crippen LogP contribution in [-0.2, 0) is 0 Å². The van der Waals surface area contributed by atoms with Crippen LogP contribution in [0.15, 0.2) is 12.7 Å². The van der Waals surface area contributed by atoms with Crippen LogP contribution < -0.4 is 10.6 Å². The predicted octanol–water partition coefficient (Wildman–Crippen LogP) is 1.16. The number of nitriles is 1. The molecule has 0 bridgehead atoms. The molecule has 1 aliphatic carbocycles. The van der Waals surface area contributed by atoms with Gasteiger partial charge in [0.15, 0.2) is 0 Å². The molecule has 1 aliphatic rings. The Balaban J connectivity index is 2.32. The van der Waals surface area contributed by atoms with Crippen LogP contribution in [0.3, 0.4) is 0 Å². The Morgan fingerprint density at radius 1 is 1.64 bits per heavy atom. The number of urea groups is 1. The van der Waals surface area contributed by atoms with Gasteiger partial charge in [-0.05, 0) is 19.3 Å². The summed E-state index contributed by atoms with van der Waals surface area (Å²) in [6.45, 7) is 3.95. The van der Waals surface area contributed by atoms with Crippen molar-refractivity contribution in [2.45, 2.75) is 25.3 Å². The van der Waals surface area contributed by atoms with E-state index in [4.69, 9.17) is 5.26 Å². The molecule has 1 rings (SSSR count). The molecule has 0 heterocycles. The third kappa shape index (κ3) is 2.77. The van der Waals surface area contributed by atoms with E-state index in [0.717, 1.165) is 19.3 Å². The molecule has 0 spiro atoms. The van der Waals surface area contributed by atoms with Gasteiger partial charge in [0.1, 0.15) is 0 Å². The Morgan fingerprint density at radius 2 is 2.43 bits per heavy atom. The number of carbonyl (C=O) groups is 1. The quantitative estimate of drug-likeness (QED) is 0.661. The van der Waals surface area contributed by atoms with Gasteiger partial charge in [-0.1, -0.05) is 6.08 Å². The van der Waals surface area contributed by atoms with Gasteiger partial charge in [0.25, 0.3) is 0 Å². The molecular weight excluding hydrogens is 178 g/mol. The maximum atomic E-state index is 11.2. The summed E-state index contributed by atoms with van der Waals surface area (Å²) < 4.78 is 0. The lowest BCUT2D eigenvalue weighted by Crippen LogP contribution is -2.43. The molecule has 14 heavy (non-hydrogen) atoms. The summed E-state index contributed by atoms with van der Waals surface area (Å²) >= 11 is 0. The number of hydrogen-bond acceptors (Lipinski definition) is 2. The first-order valence-electron chi connectivity index (χ1n) is 4.82. The van der Waals surface area contributed by atoms with Crippen LogP contribution in [-0.4, -0.2) is 18.6 Å². The number of rotatable bonds is 3. The minimum atomic E-state index is -0.211. The van der Waals surface area contributed by atoms with E-state index in [2.05, 4.69) is 23.3 Å². The third-order valence-electron chi connectivity index (χ3n) is 2.41. The van der Waals surface area contributed by atoms with Gasteiger partial charge in [0.2, 0.25) is 0 Å². The summed E-state index contributed by atoms with van der Waals surface area (Å²) in [7, 11) is 0. The highest BCUT2D eigenvalue weighted by Crippen LogP contribution is 2.24. The van der Waals surface area contributed by atoms with Crippen LogP contribution in [0, 0.1) is 17.2 Å². The van der Waals surface area contributed by atoms with Crippen molar-refractivity contribution in [1.29, 1.82) is 5.26 Å². The minimum Gasteiger partial charge on any atom is -0.335 e. The zero-order valence-electron chi connectivity index (χ0n) is 8.12.